The third-order valence-electron chi connectivity index (χ3n) is 2.63. The van der Waals surface area contributed by atoms with Crippen molar-refractivity contribution in [3.63, 3.8) is 0 Å². The molecule has 2 rings (SSSR count). The average molecular weight is 367 g/mol. The molecule has 16 heavy (non-hydrogen) atoms. The van der Waals surface area contributed by atoms with Crippen molar-refractivity contribution in [1.82, 2.24) is 5.32 Å². The van der Waals surface area contributed by atoms with E-state index in [1.165, 1.54) is 24.2 Å². The maximum Gasteiger partial charge on any atom is 0.261 e. The Balaban J connectivity index is 1.91. The molecule has 0 aliphatic heterocycles. The van der Waals surface area contributed by atoms with E-state index in [1.54, 1.807) is 0 Å². The van der Waals surface area contributed by atoms with Gasteiger partial charge in [0.1, 0.15) is 0 Å². The van der Waals surface area contributed by atoms with Gasteiger partial charge in [0.25, 0.3) is 5.91 Å². The first-order valence-electron chi connectivity index (χ1n) is 5.32. The van der Waals surface area contributed by atoms with E-state index in [0.717, 1.165) is 25.5 Å². The minimum atomic E-state index is 0.0320. The van der Waals surface area contributed by atoms with Crippen LogP contribution in [0.25, 0.3) is 0 Å². The third kappa shape index (κ3) is 3.31. The summed E-state index contributed by atoms with van der Waals surface area (Å²) in [6, 6.07) is 2.13. The summed E-state index contributed by atoms with van der Waals surface area (Å²) < 4.78 is 1.91. The first-order chi connectivity index (χ1) is 7.56. The van der Waals surface area contributed by atoms with Gasteiger partial charge in [-0.15, -0.1) is 11.3 Å². The van der Waals surface area contributed by atoms with Crippen LogP contribution < -0.4 is 5.32 Å². The smallest absolute Gasteiger partial charge is 0.261 e. The van der Waals surface area contributed by atoms with Crippen LogP contribution in [0.2, 0.25) is 0 Å². The lowest BCUT2D eigenvalue weighted by Gasteiger charge is -2.12. The Morgan fingerprint density at radius 2 is 2.31 bits per heavy atom. The number of halogens is 2. The van der Waals surface area contributed by atoms with Crippen molar-refractivity contribution in [2.45, 2.75) is 32.2 Å². The van der Waals surface area contributed by atoms with E-state index in [-0.39, 0.29) is 11.9 Å². The second kappa shape index (κ2) is 5.19. The van der Waals surface area contributed by atoms with Crippen molar-refractivity contribution < 1.29 is 4.79 Å². The minimum absolute atomic E-state index is 0.0320. The molecule has 0 radical (unpaired) electrons. The Hall–Kier alpha value is 0.130. The van der Waals surface area contributed by atoms with Crippen molar-refractivity contribution in [3.8, 4) is 0 Å². The molecule has 0 aromatic carbocycles. The van der Waals surface area contributed by atoms with Gasteiger partial charge in [-0.3, -0.25) is 4.79 Å². The lowest BCUT2D eigenvalue weighted by molar-refractivity contribution is 0.0941. The number of hydrogen-bond acceptors (Lipinski definition) is 2. The molecule has 1 aliphatic carbocycles. The number of thiophene rings is 1. The van der Waals surface area contributed by atoms with Gasteiger partial charge in [0, 0.05) is 10.5 Å². The summed E-state index contributed by atoms with van der Waals surface area (Å²) in [5.74, 6) is 0.877. The lowest BCUT2D eigenvalue weighted by atomic mass is 10.1. The molecule has 88 valence electrons. The van der Waals surface area contributed by atoms with Gasteiger partial charge in [0.15, 0.2) is 0 Å². The molecule has 1 amide bonds. The van der Waals surface area contributed by atoms with Gasteiger partial charge >= 0.3 is 0 Å². The van der Waals surface area contributed by atoms with Gasteiger partial charge in [0.05, 0.1) is 8.66 Å². The predicted molar refractivity (Wildman–Crippen MR) is 74.0 cm³/mol. The summed E-state index contributed by atoms with van der Waals surface area (Å²) in [7, 11) is 0. The van der Waals surface area contributed by atoms with E-state index in [9.17, 15) is 4.79 Å². The van der Waals surface area contributed by atoms with Crippen LogP contribution in [0.15, 0.2) is 14.3 Å². The van der Waals surface area contributed by atoms with E-state index >= 15 is 0 Å². The van der Waals surface area contributed by atoms with Crippen LogP contribution in [-0.2, 0) is 0 Å². The van der Waals surface area contributed by atoms with Gasteiger partial charge in [-0.1, -0.05) is 12.8 Å². The zero-order valence-electron chi connectivity index (χ0n) is 8.93. The van der Waals surface area contributed by atoms with Crippen LogP contribution in [-0.4, -0.2) is 11.9 Å². The summed E-state index contributed by atoms with van der Waals surface area (Å²) in [5, 5.41) is 3.04. The van der Waals surface area contributed by atoms with Gasteiger partial charge in [-0.05, 0) is 57.2 Å². The molecule has 1 atom stereocenters. The maximum atomic E-state index is 11.9. The minimum Gasteiger partial charge on any atom is -0.349 e. The normalized spacial score (nSPS) is 17.2. The molecule has 1 heterocycles. The second-order valence-electron chi connectivity index (χ2n) is 4.29. The van der Waals surface area contributed by atoms with Crippen molar-refractivity contribution in [2.24, 2.45) is 5.92 Å². The maximum absolute atomic E-state index is 11.9. The standard InChI is InChI=1S/C11H13Br2NOS/c1-6(4-7-2-3-7)14-11(15)9-5-8(12)10(13)16-9/h5-7H,2-4H2,1H3,(H,14,15). The van der Waals surface area contributed by atoms with Crippen LogP contribution in [0.1, 0.15) is 35.9 Å². The highest BCUT2D eigenvalue weighted by atomic mass is 79.9. The number of carbonyl (C=O) groups is 1. The lowest BCUT2D eigenvalue weighted by Crippen LogP contribution is -2.32. The van der Waals surface area contributed by atoms with E-state index in [1.807, 2.05) is 6.07 Å². The molecule has 1 saturated carbocycles. The molecule has 0 spiro atoms. The quantitative estimate of drug-likeness (QED) is 0.850. The molecule has 1 N–H and O–H groups in total. The average Bonchev–Trinajstić information content (AvgIpc) is 2.93. The third-order valence-corrected chi connectivity index (χ3v) is 5.89. The monoisotopic (exact) mass is 365 g/mol. The van der Waals surface area contributed by atoms with Gasteiger partial charge < -0.3 is 5.32 Å². The fraction of sp³-hybridized carbons (Fsp3) is 0.545. The van der Waals surface area contributed by atoms with Crippen LogP contribution in [0.5, 0.6) is 0 Å². The molecule has 0 saturated heterocycles. The Morgan fingerprint density at radius 1 is 1.62 bits per heavy atom. The number of carbonyl (C=O) groups excluding carboxylic acids is 1. The predicted octanol–water partition coefficient (Wildman–Crippen LogP) is 4.19. The SMILES string of the molecule is CC(CC1CC1)NC(=O)c1cc(Br)c(Br)s1. The van der Waals surface area contributed by atoms with E-state index in [0.29, 0.717) is 0 Å². The van der Waals surface area contributed by atoms with Crippen LogP contribution in [0.4, 0.5) is 0 Å². The fourth-order valence-corrected chi connectivity index (χ4v) is 3.60. The molecule has 1 fully saturated rings. The molecule has 1 aliphatic rings. The van der Waals surface area contributed by atoms with Crippen molar-refractivity contribution in [3.05, 3.63) is 19.2 Å². The highest BCUT2D eigenvalue weighted by Gasteiger charge is 2.24. The molecule has 0 bridgehead atoms. The summed E-state index contributed by atoms with van der Waals surface area (Å²) in [6.45, 7) is 2.08. The highest BCUT2D eigenvalue weighted by molar-refractivity contribution is 9.13. The summed E-state index contributed by atoms with van der Waals surface area (Å²) in [6.07, 6.45) is 3.77. The molecule has 1 aromatic heterocycles. The zero-order chi connectivity index (χ0) is 11.7. The van der Waals surface area contributed by atoms with Crippen molar-refractivity contribution in [2.75, 3.05) is 0 Å². The van der Waals surface area contributed by atoms with Crippen LogP contribution in [0.3, 0.4) is 0 Å². The van der Waals surface area contributed by atoms with E-state index in [4.69, 9.17) is 0 Å². The molecule has 1 unspecified atom stereocenters. The Morgan fingerprint density at radius 3 is 2.81 bits per heavy atom. The highest BCUT2D eigenvalue weighted by Crippen LogP contribution is 2.34. The topological polar surface area (TPSA) is 29.1 Å². The summed E-state index contributed by atoms with van der Waals surface area (Å²) in [4.78, 5) is 12.6. The Bertz CT molecular complexity index is 381. The Kier molecular flexibility index (Phi) is 4.08. The molecular weight excluding hydrogens is 354 g/mol. The number of amides is 1. The van der Waals surface area contributed by atoms with Crippen molar-refractivity contribution >= 4 is 49.1 Å². The van der Waals surface area contributed by atoms with Crippen molar-refractivity contribution in [1.29, 1.82) is 0 Å². The van der Waals surface area contributed by atoms with Gasteiger partial charge in [-0.2, -0.15) is 0 Å². The number of hydrogen-bond donors (Lipinski definition) is 1. The van der Waals surface area contributed by atoms with Gasteiger partial charge in [-0.25, -0.2) is 0 Å². The van der Waals surface area contributed by atoms with Crippen LogP contribution in [0, 0.1) is 5.92 Å². The van der Waals surface area contributed by atoms with E-state index in [2.05, 4.69) is 44.1 Å². The summed E-state index contributed by atoms with van der Waals surface area (Å²) >= 11 is 8.23. The Labute approximate surface area is 116 Å². The van der Waals surface area contributed by atoms with Crippen LogP contribution >= 0.6 is 43.2 Å². The number of rotatable bonds is 4. The summed E-state index contributed by atoms with van der Waals surface area (Å²) in [5.41, 5.74) is 0. The molecule has 2 nitrogen and oxygen atoms in total. The largest absolute Gasteiger partial charge is 0.349 e. The number of nitrogens with one attached hydrogen (secondary N) is 1. The molecular formula is C11H13Br2NOS. The molecule has 1 aromatic rings. The fourth-order valence-electron chi connectivity index (χ4n) is 1.67. The molecule has 5 heteroatoms. The first-order valence-corrected chi connectivity index (χ1v) is 7.72. The van der Waals surface area contributed by atoms with E-state index < -0.39 is 0 Å². The first kappa shape index (κ1) is 12.6. The van der Waals surface area contributed by atoms with Gasteiger partial charge in [0.2, 0.25) is 0 Å². The second-order valence-corrected chi connectivity index (χ2v) is 7.51. The zero-order valence-corrected chi connectivity index (χ0v) is 12.9.